The number of aliphatic hydroxyl groups is 1. The molecule has 2 aromatic carbocycles. The zero-order valence-corrected chi connectivity index (χ0v) is 32.1. The second-order valence-corrected chi connectivity index (χ2v) is 15.8. The molecule has 13 heteroatoms. The van der Waals surface area contributed by atoms with Gasteiger partial charge in [-0.05, 0) is 61.2 Å². The first-order valence-corrected chi connectivity index (χ1v) is 19.4. The molecule has 2 amide bonds. The maximum Gasteiger partial charge on any atom is 0.293 e. The van der Waals surface area contributed by atoms with E-state index in [0.717, 1.165) is 22.4 Å². The average molecular weight is 778 g/mol. The number of hydrogen-bond donors (Lipinski definition) is 1. The van der Waals surface area contributed by atoms with Crippen LogP contribution in [0.3, 0.4) is 0 Å². The van der Waals surface area contributed by atoms with E-state index in [1.165, 1.54) is 28.7 Å². The molecule has 0 spiro atoms. The predicted octanol–water partition coefficient (Wildman–Crippen LogP) is 7.68. The number of amides is 2. The van der Waals surface area contributed by atoms with Crippen molar-refractivity contribution >= 4 is 23.2 Å². The van der Waals surface area contributed by atoms with E-state index in [4.69, 9.17) is 9.15 Å². The molecule has 0 bridgehead atoms. The molecular weight excluding hydrogens is 737 g/mol. The summed E-state index contributed by atoms with van der Waals surface area (Å²) in [6.45, 7) is 3.27. The lowest BCUT2D eigenvalue weighted by Gasteiger charge is -2.46. The van der Waals surface area contributed by atoms with Gasteiger partial charge in [0, 0.05) is 79.1 Å². The number of rotatable bonds is 8. The molecule has 1 N–H and O–H groups in total. The van der Waals surface area contributed by atoms with Crippen LogP contribution >= 0.6 is 11.3 Å². The predicted molar refractivity (Wildman–Crippen MR) is 208 cm³/mol. The number of methoxy groups -OCH3 is 1. The van der Waals surface area contributed by atoms with Gasteiger partial charge in [-0.2, -0.15) is 0 Å². The summed E-state index contributed by atoms with van der Waals surface area (Å²) in [5.74, 6) is -4.57. The summed E-state index contributed by atoms with van der Waals surface area (Å²) in [5.41, 5.74) is 3.79. The number of pyridine rings is 1. The number of carbonyl (C=O) groups excluding carboxylic acids is 2. The smallest absolute Gasteiger partial charge is 0.293 e. The van der Waals surface area contributed by atoms with Crippen molar-refractivity contribution in [1.82, 2.24) is 24.8 Å². The third kappa shape index (κ3) is 6.94. The average Bonchev–Trinajstić information content (AvgIpc) is 3.81. The summed E-state index contributed by atoms with van der Waals surface area (Å²) in [6.07, 6.45) is 5.87. The van der Waals surface area contributed by atoms with Crippen LogP contribution in [0.4, 0.5) is 8.78 Å². The molecule has 56 heavy (non-hydrogen) atoms. The van der Waals surface area contributed by atoms with Crippen molar-refractivity contribution in [3.63, 3.8) is 0 Å². The fraction of sp³-hybridized carbons (Fsp3) is 0.326. The van der Waals surface area contributed by atoms with Crippen LogP contribution in [0.1, 0.15) is 50.9 Å². The number of piperidine rings is 2. The first-order valence-electron chi connectivity index (χ1n) is 18.6. The van der Waals surface area contributed by atoms with E-state index in [-0.39, 0.29) is 38.4 Å². The molecule has 2 aromatic heterocycles. The number of aromatic nitrogens is 3. The quantitative estimate of drug-likeness (QED) is 0.167. The van der Waals surface area contributed by atoms with Gasteiger partial charge in [0.1, 0.15) is 27.5 Å². The Morgan fingerprint density at radius 3 is 2.41 bits per heavy atom. The summed E-state index contributed by atoms with van der Waals surface area (Å²) in [4.78, 5) is 45.3. The molecule has 8 rings (SSSR count). The SMILES string of the molecule is COc1ccc(-c2cocc3c(CC4(O)CCN(C(=O)[C@@H]5CCN(C(=O)c6sc(-c7ccc(C)nc7)nc6C)C[C@H]5c5ccccc5)CC4(F)F)cnc2-3)cc1. The van der Waals surface area contributed by atoms with Crippen LogP contribution in [-0.4, -0.2) is 86.5 Å². The standard InChI is InChI=1S/C43H41F2N5O5S/c1-26-9-10-30(20-46-26)39-48-27(2)38(56-39)41(52)49-17-15-33(34(22-49)28-7-5-4-6-8-28)40(51)50-18-16-42(53,43(44,45)25-50)19-31-21-47-37-35(23-55-24-36(31)37)29-11-13-32(54-3)14-12-29/h4-14,20-21,23-24,33-34,53H,15-19,22,25H2,1-3H3/t33-,34+,42?/m1/s1. The van der Waals surface area contributed by atoms with Crippen molar-refractivity contribution in [1.29, 1.82) is 0 Å². The van der Waals surface area contributed by atoms with Gasteiger partial charge >= 0.3 is 0 Å². The van der Waals surface area contributed by atoms with Gasteiger partial charge in [0.15, 0.2) is 0 Å². The van der Waals surface area contributed by atoms with Crippen molar-refractivity contribution in [3.8, 4) is 38.7 Å². The fourth-order valence-electron chi connectivity index (χ4n) is 7.97. The minimum absolute atomic E-state index is 0.0458. The second-order valence-electron chi connectivity index (χ2n) is 14.8. The highest BCUT2D eigenvalue weighted by Gasteiger charge is 2.57. The molecule has 2 fully saturated rings. The van der Waals surface area contributed by atoms with Gasteiger partial charge < -0.3 is 24.1 Å². The number of ether oxygens (including phenoxy) is 1. The number of thiazole rings is 1. The van der Waals surface area contributed by atoms with Crippen molar-refractivity contribution in [2.45, 2.75) is 50.6 Å². The molecule has 4 aliphatic rings. The zero-order chi connectivity index (χ0) is 39.2. The Morgan fingerprint density at radius 1 is 0.946 bits per heavy atom. The molecule has 4 aromatic rings. The van der Waals surface area contributed by atoms with E-state index in [2.05, 4.69) is 15.0 Å². The van der Waals surface area contributed by atoms with Crippen LogP contribution in [0.5, 0.6) is 5.75 Å². The molecule has 0 saturated carbocycles. The monoisotopic (exact) mass is 777 g/mol. The highest BCUT2D eigenvalue weighted by Crippen LogP contribution is 2.44. The third-order valence-electron chi connectivity index (χ3n) is 11.2. The number of alkyl halides is 2. The first-order chi connectivity index (χ1) is 26.9. The lowest BCUT2D eigenvalue weighted by atomic mass is 9.78. The molecular formula is C43H41F2N5O5S. The molecule has 4 aliphatic heterocycles. The van der Waals surface area contributed by atoms with Crippen molar-refractivity contribution in [2.75, 3.05) is 33.3 Å². The minimum atomic E-state index is -3.62. The summed E-state index contributed by atoms with van der Waals surface area (Å²) in [7, 11) is 1.58. The maximum absolute atomic E-state index is 16.2. The Morgan fingerprint density at radius 2 is 1.70 bits per heavy atom. The Labute approximate surface area is 327 Å². The summed E-state index contributed by atoms with van der Waals surface area (Å²) < 4.78 is 43.4. The van der Waals surface area contributed by atoms with Crippen molar-refractivity contribution in [3.05, 3.63) is 119 Å². The summed E-state index contributed by atoms with van der Waals surface area (Å²) in [5, 5.41) is 12.3. The third-order valence-corrected chi connectivity index (χ3v) is 12.4. The van der Waals surface area contributed by atoms with Crippen molar-refractivity contribution < 1.29 is 32.6 Å². The van der Waals surface area contributed by atoms with Crippen LogP contribution < -0.4 is 4.74 Å². The molecule has 2 saturated heterocycles. The van der Waals surface area contributed by atoms with Gasteiger partial charge in [0.25, 0.3) is 11.8 Å². The number of carbonyl (C=O) groups is 2. The molecule has 3 atom stereocenters. The Bertz CT molecular complexity index is 2330. The Balaban J connectivity index is 0.979. The first kappa shape index (κ1) is 37.4. The van der Waals surface area contributed by atoms with Gasteiger partial charge in [0.05, 0.1) is 31.3 Å². The van der Waals surface area contributed by atoms with Crippen LogP contribution in [0.2, 0.25) is 0 Å². The summed E-state index contributed by atoms with van der Waals surface area (Å²) >= 11 is 1.31. The number of benzene rings is 2. The molecule has 10 nitrogen and oxygen atoms in total. The maximum atomic E-state index is 16.2. The largest absolute Gasteiger partial charge is 0.497 e. The number of hydrogen-bond acceptors (Lipinski definition) is 9. The van der Waals surface area contributed by atoms with Gasteiger partial charge in [0.2, 0.25) is 5.91 Å². The van der Waals surface area contributed by atoms with E-state index >= 15 is 8.78 Å². The van der Waals surface area contributed by atoms with Crippen LogP contribution in [0, 0.1) is 19.8 Å². The lowest BCUT2D eigenvalue weighted by Crippen LogP contribution is -2.63. The van der Waals surface area contributed by atoms with E-state index < -0.39 is 35.8 Å². The van der Waals surface area contributed by atoms with E-state index in [0.29, 0.717) is 50.1 Å². The van der Waals surface area contributed by atoms with Gasteiger partial charge in [-0.25, -0.2) is 13.8 Å². The normalized spacial score (nSPS) is 21.0. The van der Waals surface area contributed by atoms with Crippen molar-refractivity contribution in [2.24, 2.45) is 5.92 Å². The summed E-state index contributed by atoms with van der Waals surface area (Å²) in [6, 6.07) is 20.6. The minimum Gasteiger partial charge on any atom is -0.497 e. The van der Waals surface area contributed by atoms with Crippen LogP contribution in [-0.2, 0) is 11.2 Å². The van der Waals surface area contributed by atoms with E-state index in [9.17, 15) is 14.7 Å². The highest BCUT2D eigenvalue weighted by molar-refractivity contribution is 7.17. The van der Waals surface area contributed by atoms with Gasteiger partial charge in [-0.1, -0.05) is 42.5 Å². The number of nitrogens with zero attached hydrogens (tertiary/aromatic N) is 5. The molecule has 0 radical (unpaired) electrons. The Hall–Kier alpha value is -5.53. The van der Waals surface area contributed by atoms with Crippen LogP contribution in [0.15, 0.2) is 96.1 Å². The Kier molecular flexibility index (Phi) is 9.92. The number of aryl methyl sites for hydroxylation is 2. The number of fused-ring (bicyclic) bond motifs is 1. The zero-order valence-electron chi connectivity index (χ0n) is 31.2. The second kappa shape index (κ2) is 14.8. The molecule has 6 heterocycles. The van der Waals surface area contributed by atoms with E-state index in [1.807, 2.05) is 80.6 Å². The highest BCUT2D eigenvalue weighted by atomic mass is 32.1. The number of halogens is 2. The fourth-order valence-corrected chi connectivity index (χ4v) is 9.00. The van der Waals surface area contributed by atoms with Crippen LogP contribution in [0.25, 0.3) is 33.0 Å². The molecule has 288 valence electrons. The lowest BCUT2D eigenvalue weighted by molar-refractivity contribution is -0.217. The topological polar surface area (TPSA) is 122 Å². The van der Waals surface area contributed by atoms with Gasteiger partial charge in [-0.15, -0.1) is 11.3 Å². The van der Waals surface area contributed by atoms with Gasteiger partial charge in [-0.3, -0.25) is 19.6 Å². The molecule has 0 aliphatic carbocycles. The molecule has 1 unspecified atom stereocenters. The van der Waals surface area contributed by atoms with E-state index in [1.54, 1.807) is 24.5 Å². The number of likely N-dealkylation sites (tertiary alicyclic amines) is 2.